The molecule has 0 aliphatic carbocycles. The third-order valence-electron chi connectivity index (χ3n) is 6.80. The molecule has 0 saturated carbocycles. The molecule has 0 bridgehead atoms. The summed E-state index contributed by atoms with van der Waals surface area (Å²) in [5, 5.41) is 0. The average Bonchev–Trinajstić information content (AvgIpc) is 2.86. The standard InChI is InChI=1S/C29H30N4O2/c1-20-7-6-8-25(17-20)32-16-15-31(18-21(32)2)29(35)24-13-11-23(12-14-24)19-33-27-10-5-4-9-26(27)30-22(3)28(33)34/h4-14,17,21H,15-16,18-19H2,1-3H3/t21-/m1/s1. The number of para-hydroxylation sites is 2. The van der Waals surface area contributed by atoms with Crippen LogP contribution in [0, 0.1) is 13.8 Å². The van der Waals surface area contributed by atoms with Gasteiger partial charge in [0.2, 0.25) is 0 Å². The third-order valence-corrected chi connectivity index (χ3v) is 6.80. The molecule has 5 rings (SSSR count). The summed E-state index contributed by atoms with van der Waals surface area (Å²) in [5.41, 5.74) is 6.09. The van der Waals surface area contributed by atoms with Gasteiger partial charge in [0.1, 0.15) is 5.69 Å². The van der Waals surface area contributed by atoms with Crippen molar-refractivity contribution in [2.45, 2.75) is 33.4 Å². The molecule has 178 valence electrons. The second kappa shape index (κ2) is 9.37. The highest BCUT2D eigenvalue weighted by atomic mass is 16.2. The van der Waals surface area contributed by atoms with Crippen LogP contribution in [0.25, 0.3) is 11.0 Å². The molecule has 35 heavy (non-hydrogen) atoms. The van der Waals surface area contributed by atoms with E-state index in [9.17, 15) is 9.59 Å². The van der Waals surface area contributed by atoms with Crippen molar-refractivity contribution < 1.29 is 4.79 Å². The molecule has 6 nitrogen and oxygen atoms in total. The van der Waals surface area contributed by atoms with Gasteiger partial charge in [0, 0.05) is 36.9 Å². The Hall–Kier alpha value is -3.93. The first kappa shape index (κ1) is 22.8. The van der Waals surface area contributed by atoms with Gasteiger partial charge in [-0.15, -0.1) is 0 Å². The summed E-state index contributed by atoms with van der Waals surface area (Å²) in [6, 6.07) is 24.1. The number of carbonyl (C=O) groups excluding carboxylic acids is 1. The minimum atomic E-state index is -0.0932. The van der Waals surface area contributed by atoms with Crippen LogP contribution in [0.3, 0.4) is 0 Å². The summed E-state index contributed by atoms with van der Waals surface area (Å²) in [5.74, 6) is 0.0506. The van der Waals surface area contributed by atoms with Crippen molar-refractivity contribution in [3.05, 3.63) is 106 Å². The van der Waals surface area contributed by atoms with Gasteiger partial charge in [-0.05, 0) is 68.3 Å². The first-order chi connectivity index (χ1) is 16.9. The third kappa shape index (κ3) is 4.56. The van der Waals surface area contributed by atoms with E-state index in [4.69, 9.17) is 0 Å². The minimum Gasteiger partial charge on any atom is -0.365 e. The lowest BCUT2D eigenvalue weighted by Gasteiger charge is -2.41. The molecule has 3 aromatic carbocycles. The first-order valence-corrected chi connectivity index (χ1v) is 12.1. The van der Waals surface area contributed by atoms with Gasteiger partial charge < -0.3 is 14.4 Å². The number of amides is 1. The molecule has 1 aromatic heterocycles. The fourth-order valence-electron chi connectivity index (χ4n) is 4.93. The van der Waals surface area contributed by atoms with Gasteiger partial charge in [-0.3, -0.25) is 9.59 Å². The summed E-state index contributed by atoms with van der Waals surface area (Å²) in [6.07, 6.45) is 0. The molecule has 1 aliphatic heterocycles. The lowest BCUT2D eigenvalue weighted by atomic mass is 10.1. The molecule has 1 saturated heterocycles. The maximum Gasteiger partial charge on any atom is 0.272 e. The molecule has 2 heterocycles. The number of anilines is 1. The zero-order chi connectivity index (χ0) is 24.5. The van der Waals surface area contributed by atoms with Gasteiger partial charge >= 0.3 is 0 Å². The highest BCUT2D eigenvalue weighted by molar-refractivity contribution is 5.94. The van der Waals surface area contributed by atoms with E-state index < -0.39 is 0 Å². The van der Waals surface area contributed by atoms with E-state index in [-0.39, 0.29) is 17.5 Å². The number of hydrogen-bond acceptors (Lipinski definition) is 4. The zero-order valence-electron chi connectivity index (χ0n) is 20.4. The van der Waals surface area contributed by atoms with Crippen LogP contribution in [0.15, 0.2) is 77.6 Å². The topological polar surface area (TPSA) is 58.4 Å². The van der Waals surface area contributed by atoms with Crippen molar-refractivity contribution in [1.82, 2.24) is 14.5 Å². The Morgan fingerprint density at radius 3 is 2.49 bits per heavy atom. The molecule has 1 fully saturated rings. The van der Waals surface area contributed by atoms with E-state index in [0.29, 0.717) is 30.9 Å². The number of benzene rings is 3. The smallest absolute Gasteiger partial charge is 0.272 e. The van der Waals surface area contributed by atoms with E-state index in [0.717, 1.165) is 23.1 Å². The molecule has 1 aliphatic rings. The predicted molar refractivity (Wildman–Crippen MR) is 140 cm³/mol. The van der Waals surface area contributed by atoms with Crippen molar-refractivity contribution in [3.8, 4) is 0 Å². The fourth-order valence-corrected chi connectivity index (χ4v) is 4.93. The lowest BCUT2D eigenvalue weighted by Crippen LogP contribution is -2.53. The van der Waals surface area contributed by atoms with Crippen LogP contribution < -0.4 is 10.5 Å². The Morgan fingerprint density at radius 1 is 0.971 bits per heavy atom. The molecule has 1 amide bonds. The average molecular weight is 467 g/mol. The number of aryl methyl sites for hydroxylation is 2. The predicted octanol–water partition coefficient (Wildman–Crippen LogP) is 4.41. The van der Waals surface area contributed by atoms with E-state index >= 15 is 0 Å². The van der Waals surface area contributed by atoms with Crippen molar-refractivity contribution in [2.24, 2.45) is 0 Å². The number of fused-ring (bicyclic) bond motifs is 1. The van der Waals surface area contributed by atoms with Crippen molar-refractivity contribution >= 4 is 22.6 Å². The van der Waals surface area contributed by atoms with Gasteiger partial charge in [-0.25, -0.2) is 4.98 Å². The minimum absolute atomic E-state index is 0.0506. The van der Waals surface area contributed by atoms with Crippen LogP contribution >= 0.6 is 0 Å². The van der Waals surface area contributed by atoms with Gasteiger partial charge in [0.05, 0.1) is 17.6 Å². The van der Waals surface area contributed by atoms with E-state index in [1.54, 1.807) is 11.5 Å². The molecule has 1 atom stereocenters. The number of rotatable bonds is 4. The van der Waals surface area contributed by atoms with Crippen molar-refractivity contribution in [2.75, 3.05) is 24.5 Å². The van der Waals surface area contributed by atoms with Crippen LogP contribution in [0.5, 0.6) is 0 Å². The van der Waals surface area contributed by atoms with Gasteiger partial charge in [0.15, 0.2) is 0 Å². The second-order valence-corrected chi connectivity index (χ2v) is 9.41. The number of piperazine rings is 1. The maximum absolute atomic E-state index is 13.2. The summed E-state index contributed by atoms with van der Waals surface area (Å²) < 4.78 is 1.75. The molecular weight excluding hydrogens is 436 g/mol. The number of aromatic nitrogens is 2. The Labute approximate surface area is 205 Å². The maximum atomic E-state index is 13.2. The van der Waals surface area contributed by atoms with Gasteiger partial charge in [-0.1, -0.05) is 36.4 Å². The summed E-state index contributed by atoms with van der Waals surface area (Å²) >= 11 is 0. The van der Waals surface area contributed by atoms with Crippen LogP contribution in [0.4, 0.5) is 5.69 Å². The van der Waals surface area contributed by atoms with Crippen LogP contribution in [-0.2, 0) is 6.54 Å². The normalized spacial score (nSPS) is 16.0. The number of carbonyl (C=O) groups is 1. The molecule has 0 radical (unpaired) electrons. The Kier molecular flexibility index (Phi) is 6.12. The molecule has 0 unspecified atom stereocenters. The SMILES string of the molecule is Cc1cccc(N2CCN(C(=O)c3ccc(Cn4c(=O)c(C)nc5ccccc54)cc3)C[C@H]2C)c1. The zero-order valence-corrected chi connectivity index (χ0v) is 20.4. The Morgan fingerprint density at radius 2 is 1.74 bits per heavy atom. The second-order valence-electron chi connectivity index (χ2n) is 9.41. The van der Waals surface area contributed by atoms with Crippen molar-refractivity contribution in [1.29, 1.82) is 0 Å². The molecule has 4 aromatic rings. The first-order valence-electron chi connectivity index (χ1n) is 12.1. The number of nitrogens with zero attached hydrogens (tertiary/aromatic N) is 4. The molecule has 0 N–H and O–H groups in total. The molecule has 6 heteroatoms. The summed E-state index contributed by atoms with van der Waals surface area (Å²) in [6.45, 7) is 8.64. The highest BCUT2D eigenvalue weighted by Gasteiger charge is 2.27. The largest absolute Gasteiger partial charge is 0.365 e. The fraction of sp³-hybridized carbons (Fsp3) is 0.276. The molecule has 0 spiro atoms. The summed E-state index contributed by atoms with van der Waals surface area (Å²) in [4.78, 5) is 34.7. The Bertz CT molecular complexity index is 1440. The van der Waals surface area contributed by atoms with Gasteiger partial charge in [0.25, 0.3) is 11.5 Å². The van der Waals surface area contributed by atoms with E-state index in [2.05, 4.69) is 48.0 Å². The summed E-state index contributed by atoms with van der Waals surface area (Å²) in [7, 11) is 0. The van der Waals surface area contributed by atoms with Crippen LogP contribution in [0.1, 0.15) is 34.1 Å². The van der Waals surface area contributed by atoms with Crippen LogP contribution in [-0.4, -0.2) is 46.0 Å². The highest BCUT2D eigenvalue weighted by Crippen LogP contribution is 2.23. The molecular formula is C29H30N4O2. The van der Waals surface area contributed by atoms with Crippen molar-refractivity contribution in [3.63, 3.8) is 0 Å². The number of hydrogen-bond donors (Lipinski definition) is 0. The van der Waals surface area contributed by atoms with E-state index in [1.807, 2.05) is 53.4 Å². The Balaban J connectivity index is 1.30. The monoisotopic (exact) mass is 466 g/mol. The van der Waals surface area contributed by atoms with Gasteiger partial charge in [-0.2, -0.15) is 0 Å². The lowest BCUT2D eigenvalue weighted by molar-refractivity contribution is 0.0726. The van der Waals surface area contributed by atoms with Crippen LogP contribution in [0.2, 0.25) is 0 Å². The quantitative estimate of drug-likeness (QED) is 0.447. The van der Waals surface area contributed by atoms with E-state index in [1.165, 1.54) is 11.3 Å².